The van der Waals surface area contributed by atoms with Gasteiger partial charge in [0.2, 0.25) is 11.9 Å². The maximum atomic E-state index is 12.2. The largest absolute Gasteiger partial charge is 0.399 e. The van der Waals surface area contributed by atoms with E-state index in [0.29, 0.717) is 11.4 Å². The molecule has 0 unspecified atom stereocenters. The van der Waals surface area contributed by atoms with E-state index in [1.54, 1.807) is 0 Å². The molecule has 0 radical (unpaired) electrons. The van der Waals surface area contributed by atoms with Crippen LogP contribution in [0.25, 0.3) is 0 Å². The molecule has 0 bridgehead atoms. The third kappa shape index (κ3) is 5.32. The number of hydrogen-bond donors (Lipinski definition) is 5. The summed E-state index contributed by atoms with van der Waals surface area (Å²) in [6, 6.07) is 10.5. The highest BCUT2D eigenvalue weighted by Gasteiger charge is 2.15. The van der Waals surface area contributed by atoms with Crippen LogP contribution in [0, 0.1) is 0 Å². The van der Waals surface area contributed by atoms with Crippen LogP contribution in [-0.2, 0) is 20.0 Å². The molecule has 11 nitrogen and oxygen atoms in total. The van der Waals surface area contributed by atoms with Crippen LogP contribution in [0.3, 0.4) is 0 Å². The normalized spacial score (nSPS) is 12.4. The predicted octanol–water partition coefficient (Wildman–Crippen LogP) is -0.654. The Bertz CT molecular complexity index is 1090. The van der Waals surface area contributed by atoms with Crippen molar-refractivity contribution in [1.29, 1.82) is 0 Å². The number of hydrogen-bond acceptors (Lipinski definition) is 5. The summed E-state index contributed by atoms with van der Waals surface area (Å²) >= 11 is 0. The SMILES string of the molecule is NC(N)=NS(=O)(=O)c1ccc(N/C(N)=N\S(=O)(=O)c2ccc(N)cc2)cc1. The number of sulfonamides is 2. The lowest BCUT2D eigenvalue weighted by Gasteiger charge is -2.07. The van der Waals surface area contributed by atoms with Crippen molar-refractivity contribution in [1.82, 2.24) is 0 Å². The van der Waals surface area contributed by atoms with Crippen molar-refractivity contribution in [2.45, 2.75) is 9.79 Å². The van der Waals surface area contributed by atoms with Crippen LogP contribution in [0.1, 0.15) is 0 Å². The van der Waals surface area contributed by atoms with Gasteiger partial charge < -0.3 is 28.3 Å². The van der Waals surface area contributed by atoms with Crippen LogP contribution < -0.4 is 28.3 Å². The zero-order valence-corrected chi connectivity index (χ0v) is 15.4. The second-order valence-corrected chi connectivity index (χ2v) is 8.37. The van der Waals surface area contributed by atoms with Gasteiger partial charge in [0.1, 0.15) is 0 Å². The zero-order valence-electron chi connectivity index (χ0n) is 13.8. The van der Waals surface area contributed by atoms with E-state index in [4.69, 9.17) is 22.9 Å². The first kappa shape index (κ1) is 20.0. The Kier molecular flexibility index (Phi) is 5.56. The number of anilines is 2. The van der Waals surface area contributed by atoms with Gasteiger partial charge in [-0.3, -0.25) is 0 Å². The molecular formula is C14H17N7O4S2. The van der Waals surface area contributed by atoms with Gasteiger partial charge in [0, 0.05) is 11.4 Å². The van der Waals surface area contributed by atoms with Gasteiger partial charge in [0.25, 0.3) is 20.0 Å². The average Bonchev–Trinajstić information content (AvgIpc) is 2.54. The highest BCUT2D eigenvalue weighted by Crippen LogP contribution is 2.17. The van der Waals surface area contributed by atoms with Gasteiger partial charge in [-0.15, -0.1) is 8.80 Å². The van der Waals surface area contributed by atoms with Crippen LogP contribution in [0.5, 0.6) is 0 Å². The molecule has 144 valence electrons. The lowest BCUT2D eigenvalue weighted by Crippen LogP contribution is -2.24. The molecule has 0 atom stereocenters. The van der Waals surface area contributed by atoms with E-state index >= 15 is 0 Å². The zero-order chi connectivity index (χ0) is 20.2. The van der Waals surface area contributed by atoms with Crippen molar-refractivity contribution in [3.05, 3.63) is 48.5 Å². The minimum atomic E-state index is -4.04. The van der Waals surface area contributed by atoms with E-state index in [0.717, 1.165) is 0 Å². The average molecular weight is 411 g/mol. The summed E-state index contributed by atoms with van der Waals surface area (Å²) < 4.78 is 54.6. The van der Waals surface area contributed by atoms with Crippen molar-refractivity contribution in [2.24, 2.45) is 26.0 Å². The van der Waals surface area contributed by atoms with E-state index in [1.807, 2.05) is 0 Å². The van der Waals surface area contributed by atoms with Gasteiger partial charge in [-0.2, -0.15) is 16.8 Å². The molecule has 0 fully saturated rings. The van der Waals surface area contributed by atoms with Crippen molar-refractivity contribution in [3.63, 3.8) is 0 Å². The Morgan fingerprint density at radius 3 is 1.67 bits per heavy atom. The molecule has 0 amide bonds. The van der Waals surface area contributed by atoms with Gasteiger partial charge in [-0.1, -0.05) is 0 Å². The summed E-state index contributed by atoms with van der Waals surface area (Å²) in [4.78, 5) is -0.244. The van der Waals surface area contributed by atoms with E-state index in [-0.39, 0.29) is 9.79 Å². The standard InChI is InChI=1S/C14H17N7O4S2/c15-9-1-5-11(6-2-9)27(24,25)21-14(18)19-10-3-7-12(8-4-10)26(22,23)20-13(16)17/h1-8H,15H2,(H4,16,17,20)(H3,18,19,21). The van der Waals surface area contributed by atoms with E-state index < -0.39 is 32.0 Å². The Morgan fingerprint density at radius 2 is 1.19 bits per heavy atom. The summed E-state index contributed by atoms with van der Waals surface area (Å²) in [7, 11) is -8.07. The fraction of sp³-hybridized carbons (Fsp3) is 0. The summed E-state index contributed by atoms with van der Waals surface area (Å²) in [6.07, 6.45) is 0. The van der Waals surface area contributed by atoms with Crippen LogP contribution in [-0.4, -0.2) is 28.8 Å². The Morgan fingerprint density at radius 1 is 0.741 bits per heavy atom. The molecule has 13 heteroatoms. The van der Waals surface area contributed by atoms with Crippen LogP contribution in [0.2, 0.25) is 0 Å². The number of nitrogens with one attached hydrogen (secondary N) is 1. The van der Waals surface area contributed by atoms with Crippen molar-refractivity contribution < 1.29 is 16.8 Å². The maximum Gasteiger partial charge on any atom is 0.285 e. The van der Waals surface area contributed by atoms with E-state index in [2.05, 4.69) is 14.1 Å². The van der Waals surface area contributed by atoms with Crippen LogP contribution in [0.15, 0.2) is 67.1 Å². The van der Waals surface area contributed by atoms with Gasteiger partial charge in [-0.05, 0) is 48.5 Å². The quantitative estimate of drug-likeness (QED) is 0.240. The molecule has 2 aromatic rings. The number of nitrogen functional groups attached to an aromatic ring is 1. The molecule has 0 aromatic heterocycles. The summed E-state index contributed by atoms with van der Waals surface area (Å²) in [5.74, 6) is -1.01. The molecule has 0 saturated heterocycles. The smallest absolute Gasteiger partial charge is 0.285 e. The van der Waals surface area contributed by atoms with Crippen LogP contribution >= 0.6 is 0 Å². The number of guanidine groups is 2. The molecule has 9 N–H and O–H groups in total. The van der Waals surface area contributed by atoms with Crippen molar-refractivity contribution in [2.75, 3.05) is 11.1 Å². The molecule has 0 spiro atoms. The number of nitrogens with zero attached hydrogens (tertiary/aromatic N) is 2. The van der Waals surface area contributed by atoms with E-state index in [1.165, 1.54) is 48.5 Å². The fourth-order valence-corrected chi connectivity index (χ4v) is 3.65. The minimum Gasteiger partial charge on any atom is -0.399 e. The summed E-state index contributed by atoms with van der Waals surface area (Å²) in [6.45, 7) is 0. The topological polar surface area (TPSA) is 209 Å². The highest BCUT2D eigenvalue weighted by atomic mass is 32.2. The van der Waals surface area contributed by atoms with Crippen molar-refractivity contribution in [3.8, 4) is 0 Å². The van der Waals surface area contributed by atoms with Gasteiger partial charge in [-0.25, -0.2) is 0 Å². The third-order valence-corrected chi connectivity index (χ3v) is 5.67. The fourth-order valence-electron chi connectivity index (χ4n) is 1.89. The Labute approximate surface area is 155 Å². The number of rotatable bonds is 5. The Balaban J connectivity index is 2.20. The van der Waals surface area contributed by atoms with Gasteiger partial charge >= 0.3 is 0 Å². The lowest BCUT2D eigenvalue weighted by atomic mass is 10.3. The molecule has 0 aliphatic carbocycles. The van der Waals surface area contributed by atoms with Gasteiger partial charge in [0.15, 0.2) is 0 Å². The van der Waals surface area contributed by atoms with Crippen LogP contribution in [0.4, 0.5) is 11.4 Å². The summed E-state index contributed by atoms with van der Waals surface area (Å²) in [5.41, 5.74) is 22.0. The molecule has 0 aliphatic heterocycles. The van der Waals surface area contributed by atoms with Crippen molar-refractivity contribution >= 4 is 43.3 Å². The first-order valence-electron chi connectivity index (χ1n) is 7.18. The molecule has 0 aliphatic rings. The highest BCUT2D eigenvalue weighted by molar-refractivity contribution is 7.90. The summed E-state index contributed by atoms with van der Waals surface area (Å²) in [5, 5.41) is 2.54. The molecular weight excluding hydrogens is 394 g/mol. The second kappa shape index (κ2) is 7.51. The van der Waals surface area contributed by atoms with E-state index in [9.17, 15) is 16.8 Å². The molecule has 2 aromatic carbocycles. The number of benzene rings is 2. The van der Waals surface area contributed by atoms with Gasteiger partial charge in [0.05, 0.1) is 9.79 Å². The molecule has 27 heavy (non-hydrogen) atoms. The minimum absolute atomic E-state index is 0.0832. The molecule has 0 saturated carbocycles. The third-order valence-electron chi connectivity index (χ3n) is 3.05. The first-order chi connectivity index (χ1) is 12.5. The first-order valence-corrected chi connectivity index (χ1v) is 10.1. The lowest BCUT2D eigenvalue weighted by molar-refractivity contribution is 0.596. The second-order valence-electron chi connectivity index (χ2n) is 5.16. The predicted molar refractivity (Wildman–Crippen MR) is 103 cm³/mol. The molecule has 2 rings (SSSR count). The Hall–Kier alpha value is -3.32. The monoisotopic (exact) mass is 411 g/mol. The maximum absolute atomic E-state index is 12.2. The molecule has 0 heterocycles. The number of nitrogens with two attached hydrogens (primary N) is 4.